The van der Waals surface area contributed by atoms with Crippen molar-refractivity contribution in [3.63, 3.8) is 0 Å². The highest BCUT2D eigenvalue weighted by Gasteiger charge is 2.30. The van der Waals surface area contributed by atoms with Crippen LogP contribution in [0, 0.1) is 0 Å². The predicted octanol–water partition coefficient (Wildman–Crippen LogP) is -5.08. The lowest BCUT2D eigenvalue weighted by Gasteiger charge is -2.24. The van der Waals surface area contributed by atoms with Gasteiger partial charge in [0.25, 0.3) is 0 Å². The van der Waals surface area contributed by atoms with E-state index in [9.17, 15) is 29.4 Å². The molecule has 39 heavy (non-hydrogen) atoms. The number of carboxylic acids is 1. The van der Waals surface area contributed by atoms with Gasteiger partial charge in [0.1, 0.15) is 18.1 Å². The summed E-state index contributed by atoms with van der Waals surface area (Å²) in [6, 6.07) is -5.03. The Bertz CT molecular complexity index is 992. The van der Waals surface area contributed by atoms with Gasteiger partial charge < -0.3 is 59.8 Å². The molecule has 16 N–H and O–H groups in total. The number of aliphatic hydroxyl groups excluding tert-OH is 1. The number of carbonyl (C=O) groups is 4. The molecule has 1 aromatic rings. The molecule has 0 radical (unpaired) electrons. The number of hydrogen-bond donors (Lipinski definition) is 11. The van der Waals surface area contributed by atoms with Gasteiger partial charge in [0.2, 0.25) is 17.7 Å². The van der Waals surface area contributed by atoms with Crippen LogP contribution in [0.1, 0.15) is 31.4 Å². The topological polar surface area (TPSA) is 328 Å². The van der Waals surface area contributed by atoms with E-state index >= 15 is 0 Å². The average molecular weight is 555 g/mol. The number of rotatable bonds is 18. The second-order valence-corrected chi connectivity index (χ2v) is 8.49. The van der Waals surface area contributed by atoms with Crippen molar-refractivity contribution in [2.75, 3.05) is 19.7 Å². The Labute approximate surface area is 224 Å². The number of hydrogen-bond acceptors (Lipinski definition) is 9. The summed E-state index contributed by atoms with van der Waals surface area (Å²) in [5.41, 5.74) is 27.6. The maximum Gasteiger partial charge on any atom is 0.326 e. The summed E-state index contributed by atoms with van der Waals surface area (Å²) in [7, 11) is 0. The number of nitrogens with two attached hydrogens (primary N) is 5. The number of nitrogens with one attached hydrogen (secondary N) is 4. The highest BCUT2D eigenvalue weighted by atomic mass is 16.4. The van der Waals surface area contributed by atoms with Crippen LogP contribution in [-0.2, 0) is 25.6 Å². The minimum atomic E-state index is -1.51. The molecule has 0 saturated carbocycles. The quantitative estimate of drug-likeness (QED) is 0.0461. The zero-order valence-electron chi connectivity index (χ0n) is 21.4. The number of aliphatic carboxylic acids is 1. The number of aliphatic hydroxyl groups is 1. The summed E-state index contributed by atoms with van der Waals surface area (Å²) >= 11 is 0. The number of nitrogens with zero attached hydrogens (tertiary/aromatic N) is 3. The van der Waals surface area contributed by atoms with E-state index in [0.29, 0.717) is 5.69 Å². The fourth-order valence-corrected chi connectivity index (χ4v) is 3.28. The Balaban J connectivity index is 2.86. The highest BCUT2D eigenvalue weighted by molar-refractivity contribution is 5.94. The SMILES string of the molecule is NC(N)=NCCCC(NC(=O)C(CO)NC(=O)C(CCCN=C(N)N)NC(=O)C(N)Cc1cnc[nH]1)C(=O)O. The van der Waals surface area contributed by atoms with Gasteiger partial charge >= 0.3 is 5.97 Å². The number of imidazole rings is 1. The van der Waals surface area contributed by atoms with E-state index in [1.165, 1.54) is 12.5 Å². The maximum atomic E-state index is 13.0. The summed E-state index contributed by atoms with van der Waals surface area (Å²) in [4.78, 5) is 64.1. The van der Waals surface area contributed by atoms with E-state index in [4.69, 9.17) is 28.7 Å². The van der Waals surface area contributed by atoms with Gasteiger partial charge in [0.05, 0.1) is 19.0 Å². The third-order valence-corrected chi connectivity index (χ3v) is 5.29. The van der Waals surface area contributed by atoms with Gasteiger partial charge in [-0.2, -0.15) is 0 Å². The highest BCUT2D eigenvalue weighted by Crippen LogP contribution is 2.04. The summed E-state index contributed by atoms with van der Waals surface area (Å²) in [5.74, 6) is -4.03. The molecule has 0 aliphatic carbocycles. The molecule has 4 atom stereocenters. The third-order valence-electron chi connectivity index (χ3n) is 5.29. The van der Waals surface area contributed by atoms with E-state index in [0.717, 1.165) is 0 Å². The Morgan fingerprint density at radius 3 is 1.87 bits per heavy atom. The lowest BCUT2D eigenvalue weighted by atomic mass is 10.1. The Kier molecular flexibility index (Phi) is 14.3. The number of carbonyl (C=O) groups excluding carboxylic acids is 3. The van der Waals surface area contributed by atoms with Gasteiger partial charge in [0.15, 0.2) is 11.9 Å². The van der Waals surface area contributed by atoms with Crippen molar-refractivity contribution in [1.29, 1.82) is 0 Å². The fourth-order valence-electron chi connectivity index (χ4n) is 3.28. The van der Waals surface area contributed by atoms with Gasteiger partial charge in [-0.1, -0.05) is 0 Å². The zero-order chi connectivity index (χ0) is 29.4. The smallest absolute Gasteiger partial charge is 0.326 e. The number of carboxylic acid groups (broad SMARTS) is 1. The monoisotopic (exact) mass is 554 g/mol. The summed E-state index contributed by atoms with van der Waals surface area (Å²) in [6.45, 7) is -0.538. The Hall–Kier alpha value is -4.45. The molecule has 18 heteroatoms. The molecule has 0 saturated heterocycles. The van der Waals surface area contributed by atoms with Gasteiger partial charge in [-0.15, -0.1) is 0 Å². The number of amides is 3. The van der Waals surface area contributed by atoms with Gasteiger partial charge in [-0.05, 0) is 25.7 Å². The van der Waals surface area contributed by atoms with Gasteiger partial charge in [-0.25, -0.2) is 9.78 Å². The molecule has 3 amide bonds. The van der Waals surface area contributed by atoms with Crippen molar-refractivity contribution >= 4 is 35.6 Å². The summed E-state index contributed by atoms with van der Waals surface area (Å²) in [6.07, 6.45) is 3.62. The number of aliphatic imine (C=N–C) groups is 2. The van der Waals surface area contributed by atoms with E-state index in [1.807, 2.05) is 0 Å². The van der Waals surface area contributed by atoms with Crippen LogP contribution in [0.15, 0.2) is 22.5 Å². The van der Waals surface area contributed by atoms with Crippen molar-refractivity contribution in [2.24, 2.45) is 38.7 Å². The van der Waals surface area contributed by atoms with Crippen LogP contribution in [-0.4, -0.2) is 99.7 Å². The van der Waals surface area contributed by atoms with Crippen LogP contribution >= 0.6 is 0 Å². The molecule has 0 aromatic carbocycles. The minimum Gasteiger partial charge on any atom is -0.480 e. The van der Waals surface area contributed by atoms with Crippen LogP contribution in [0.3, 0.4) is 0 Å². The summed E-state index contributed by atoms with van der Waals surface area (Å²) in [5, 5.41) is 26.2. The second kappa shape index (κ2) is 17.1. The van der Waals surface area contributed by atoms with Crippen molar-refractivity contribution in [3.8, 4) is 0 Å². The summed E-state index contributed by atoms with van der Waals surface area (Å²) < 4.78 is 0. The lowest BCUT2D eigenvalue weighted by molar-refractivity contribution is -0.142. The maximum absolute atomic E-state index is 13.0. The average Bonchev–Trinajstić information content (AvgIpc) is 3.38. The Morgan fingerprint density at radius 1 is 0.872 bits per heavy atom. The molecule has 0 aliphatic heterocycles. The van der Waals surface area contributed by atoms with Crippen LogP contribution in [0.5, 0.6) is 0 Å². The molecule has 0 spiro atoms. The van der Waals surface area contributed by atoms with E-state index < -0.39 is 54.5 Å². The molecule has 1 rings (SSSR count). The van der Waals surface area contributed by atoms with Crippen molar-refractivity contribution in [1.82, 2.24) is 25.9 Å². The third kappa shape index (κ3) is 13.1. The first-order valence-electron chi connectivity index (χ1n) is 12.0. The van der Waals surface area contributed by atoms with E-state index in [1.54, 1.807) is 0 Å². The number of aromatic amines is 1. The van der Waals surface area contributed by atoms with Crippen LogP contribution in [0.25, 0.3) is 0 Å². The number of H-pyrrole nitrogens is 1. The van der Waals surface area contributed by atoms with Crippen molar-refractivity contribution < 1.29 is 29.4 Å². The Morgan fingerprint density at radius 2 is 1.38 bits per heavy atom. The van der Waals surface area contributed by atoms with Crippen molar-refractivity contribution in [3.05, 3.63) is 18.2 Å². The molecule has 0 fully saturated rings. The van der Waals surface area contributed by atoms with Gasteiger partial charge in [-0.3, -0.25) is 24.4 Å². The predicted molar refractivity (Wildman–Crippen MR) is 141 cm³/mol. The number of guanidine groups is 2. The minimum absolute atomic E-state index is 0.0123. The molecular weight excluding hydrogens is 516 g/mol. The lowest BCUT2D eigenvalue weighted by Crippen LogP contribution is -2.58. The first-order chi connectivity index (χ1) is 18.4. The first-order valence-corrected chi connectivity index (χ1v) is 12.0. The first kappa shape index (κ1) is 32.6. The van der Waals surface area contributed by atoms with E-state index in [2.05, 4.69) is 35.9 Å². The van der Waals surface area contributed by atoms with Gasteiger partial charge in [0, 0.05) is 31.4 Å². The molecule has 1 aromatic heterocycles. The molecular formula is C21H38N12O6. The molecule has 4 unspecified atom stereocenters. The molecule has 18 nitrogen and oxygen atoms in total. The zero-order valence-corrected chi connectivity index (χ0v) is 21.4. The largest absolute Gasteiger partial charge is 0.480 e. The molecule has 0 aliphatic rings. The van der Waals surface area contributed by atoms with Crippen LogP contribution in [0.4, 0.5) is 0 Å². The molecule has 218 valence electrons. The van der Waals surface area contributed by atoms with Crippen LogP contribution < -0.4 is 44.6 Å². The number of aromatic nitrogens is 2. The molecule has 1 heterocycles. The van der Waals surface area contributed by atoms with Crippen LogP contribution in [0.2, 0.25) is 0 Å². The van der Waals surface area contributed by atoms with E-state index in [-0.39, 0.29) is 57.1 Å². The van der Waals surface area contributed by atoms with Crippen molar-refractivity contribution in [2.45, 2.75) is 56.3 Å². The standard InChI is InChI=1S/C21H38N12O6/c22-12(7-11-8-27-10-30-11)16(35)31-13(3-1-5-28-20(23)24)17(36)33-15(9-34)18(37)32-14(19(38)39)4-2-6-29-21(25)26/h8,10,12-15,34H,1-7,9,22H2,(H,27,30)(H,31,35)(H,32,37)(H,33,36)(H,38,39)(H4,23,24,28)(H4,25,26,29). The molecule has 0 bridgehead atoms. The second-order valence-electron chi connectivity index (χ2n) is 8.49. The normalized spacial score (nSPS) is 13.7. The fraction of sp³-hybridized carbons (Fsp3) is 0.571.